The molecule has 3 aromatic rings. The second-order valence-electron chi connectivity index (χ2n) is 9.00. The highest BCUT2D eigenvalue weighted by atomic mass is 32.2. The maximum atomic E-state index is 11.9. The van der Waals surface area contributed by atoms with E-state index in [4.69, 9.17) is 9.47 Å². The zero-order chi connectivity index (χ0) is 23.7. The van der Waals surface area contributed by atoms with E-state index >= 15 is 0 Å². The molecule has 0 spiro atoms. The van der Waals surface area contributed by atoms with E-state index in [1.165, 1.54) is 6.42 Å². The molecule has 1 saturated heterocycles. The Balaban J connectivity index is 1.54. The van der Waals surface area contributed by atoms with Gasteiger partial charge in [0.2, 0.25) is 10.0 Å². The average Bonchev–Trinajstić information content (AvgIpc) is 3.43. The van der Waals surface area contributed by atoms with Crippen LogP contribution >= 0.6 is 0 Å². The smallest absolute Gasteiger partial charge is 0.232 e. The summed E-state index contributed by atoms with van der Waals surface area (Å²) in [5.74, 6) is 0.794. The maximum Gasteiger partial charge on any atom is 0.232 e. The number of rotatable bonds is 8. The number of sulfonamides is 1. The van der Waals surface area contributed by atoms with Crippen LogP contribution in [0.3, 0.4) is 0 Å². The first-order valence-electron chi connectivity index (χ1n) is 11.9. The van der Waals surface area contributed by atoms with Crippen LogP contribution in [0.4, 0.5) is 5.69 Å². The van der Waals surface area contributed by atoms with Crippen LogP contribution in [-0.2, 0) is 14.8 Å². The van der Waals surface area contributed by atoms with Crippen LogP contribution in [0.5, 0.6) is 5.75 Å². The molecule has 0 radical (unpaired) electrons. The zero-order valence-corrected chi connectivity index (χ0v) is 20.1. The van der Waals surface area contributed by atoms with Gasteiger partial charge >= 0.3 is 0 Å². The average molecular weight is 480 g/mol. The van der Waals surface area contributed by atoms with Crippen LogP contribution in [0.1, 0.15) is 50.6 Å². The molecule has 1 atom stereocenters. The van der Waals surface area contributed by atoms with Crippen LogP contribution in [-0.4, -0.2) is 38.1 Å². The third-order valence-corrected chi connectivity index (χ3v) is 8.11. The summed E-state index contributed by atoms with van der Waals surface area (Å²) in [6, 6.07) is 16.0. The van der Waals surface area contributed by atoms with Crippen LogP contribution < -0.4 is 9.46 Å². The number of nitrogens with one attached hydrogen (secondary N) is 1. The van der Waals surface area contributed by atoms with Crippen LogP contribution in [0.15, 0.2) is 42.5 Å². The Bertz CT molecular complexity index is 1330. The number of anilines is 1. The highest BCUT2D eigenvalue weighted by molar-refractivity contribution is 7.92. The third-order valence-electron chi connectivity index (χ3n) is 6.80. The van der Waals surface area contributed by atoms with Crippen molar-refractivity contribution in [3.63, 3.8) is 0 Å². The minimum absolute atomic E-state index is 0.0144. The number of aromatic nitrogens is 1. The molecule has 0 amide bonds. The van der Waals surface area contributed by atoms with E-state index in [-0.39, 0.29) is 11.9 Å². The topological polar surface area (TPSA) is 93.4 Å². The Morgan fingerprint density at radius 2 is 1.94 bits per heavy atom. The lowest BCUT2D eigenvalue weighted by Crippen LogP contribution is -2.18. The van der Waals surface area contributed by atoms with Gasteiger partial charge < -0.3 is 14.0 Å². The van der Waals surface area contributed by atoms with E-state index in [1.54, 1.807) is 19.1 Å². The summed E-state index contributed by atoms with van der Waals surface area (Å²) in [6.45, 7) is 2.93. The lowest BCUT2D eigenvalue weighted by Gasteiger charge is -2.30. The van der Waals surface area contributed by atoms with E-state index in [0.717, 1.165) is 60.2 Å². The molecule has 2 heterocycles. The quantitative estimate of drug-likeness (QED) is 0.478. The Labute approximate surface area is 200 Å². The van der Waals surface area contributed by atoms with Crippen molar-refractivity contribution >= 4 is 26.6 Å². The fourth-order valence-electron chi connectivity index (χ4n) is 4.71. The normalized spacial score (nSPS) is 18.5. The predicted molar refractivity (Wildman–Crippen MR) is 133 cm³/mol. The summed E-state index contributed by atoms with van der Waals surface area (Å²) < 4.78 is 40.4. The lowest BCUT2D eigenvalue weighted by atomic mass is 9.92. The first-order valence-corrected chi connectivity index (χ1v) is 13.6. The van der Waals surface area contributed by atoms with Crippen molar-refractivity contribution in [2.24, 2.45) is 0 Å². The lowest BCUT2D eigenvalue weighted by molar-refractivity contribution is 0.0680. The van der Waals surface area contributed by atoms with Gasteiger partial charge in [0.15, 0.2) is 0 Å². The number of fused-ring (bicyclic) bond motifs is 1. The van der Waals surface area contributed by atoms with Gasteiger partial charge in [-0.25, -0.2) is 8.42 Å². The fraction of sp³-hybridized carbons (Fsp3) is 0.423. The molecule has 0 unspecified atom stereocenters. The minimum Gasteiger partial charge on any atom is -0.491 e. The summed E-state index contributed by atoms with van der Waals surface area (Å²) in [6.07, 6.45) is 5.54. The summed E-state index contributed by atoms with van der Waals surface area (Å²) in [5, 5.41) is 11.0. The number of nitriles is 1. The molecule has 178 valence electrons. The first kappa shape index (κ1) is 22.8. The number of ether oxygens (including phenoxy) is 2. The molecule has 1 aliphatic carbocycles. The van der Waals surface area contributed by atoms with Gasteiger partial charge in [0.05, 0.1) is 28.6 Å². The first-order chi connectivity index (χ1) is 16.5. The van der Waals surface area contributed by atoms with E-state index in [0.29, 0.717) is 23.9 Å². The van der Waals surface area contributed by atoms with Gasteiger partial charge in [0.25, 0.3) is 0 Å². The van der Waals surface area contributed by atoms with E-state index < -0.39 is 10.0 Å². The van der Waals surface area contributed by atoms with Crippen molar-refractivity contribution in [2.75, 3.05) is 23.7 Å². The van der Waals surface area contributed by atoms with E-state index in [2.05, 4.69) is 15.4 Å². The molecule has 1 saturated carbocycles. The van der Waals surface area contributed by atoms with E-state index in [1.807, 2.05) is 30.3 Å². The molecule has 2 fully saturated rings. The Hall–Kier alpha value is -3.02. The van der Waals surface area contributed by atoms with Gasteiger partial charge in [0, 0.05) is 29.8 Å². The Morgan fingerprint density at radius 3 is 2.56 bits per heavy atom. The fourth-order valence-corrected chi connectivity index (χ4v) is 5.35. The van der Waals surface area contributed by atoms with Crippen molar-refractivity contribution in [1.82, 2.24) is 4.57 Å². The summed E-state index contributed by atoms with van der Waals surface area (Å²) in [5.41, 5.74) is 3.91. The predicted octanol–water partition coefficient (Wildman–Crippen LogP) is 5.22. The number of nitrogens with zero attached hydrogens (tertiary/aromatic N) is 2. The van der Waals surface area contributed by atoms with Crippen molar-refractivity contribution < 1.29 is 17.9 Å². The SMILES string of the molecule is CCS(=O)(=O)Nc1ccc(-c2c(C#N)c3ccc(OC[C@H]4CCCO4)cc3n2C2CCC2)cc1. The molecule has 2 aliphatic rings. The molecule has 1 aromatic heterocycles. The molecular weight excluding hydrogens is 450 g/mol. The monoisotopic (exact) mass is 479 g/mol. The standard InChI is InChI=1S/C26H29N3O4S/c1-2-34(30,31)28-19-10-8-18(9-11-19)26-24(16-27)23-13-12-21(33-17-22-7-4-14-32-22)15-25(23)29(26)20-5-3-6-20/h8-13,15,20,22,28H,2-7,14,17H2,1H3/t22-/m1/s1. The summed E-state index contributed by atoms with van der Waals surface area (Å²) >= 11 is 0. The summed E-state index contributed by atoms with van der Waals surface area (Å²) in [4.78, 5) is 0. The molecule has 0 bridgehead atoms. The minimum atomic E-state index is -3.35. The summed E-state index contributed by atoms with van der Waals surface area (Å²) in [7, 11) is -3.35. The molecule has 34 heavy (non-hydrogen) atoms. The molecule has 2 aromatic carbocycles. The number of hydrogen-bond acceptors (Lipinski definition) is 5. The molecule has 5 rings (SSSR count). The maximum absolute atomic E-state index is 11.9. The van der Waals surface area contributed by atoms with Crippen molar-refractivity contribution in [1.29, 1.82) is 5.26 Å². The zero-order valence-electron chi connectivity index (χ0n) is 19.3. The third kappa shape index (κ3) is 4.38. The molecule has 8 heteroatoms. The highest BCUT2D eigenvalue weighted by Gasteiger charge is 2.28. The van der Waals surface area contributed by atoms with Crippen molar-refractivity contribution in [2.45, 2.75) is 51.2 Å². The van der Waals surface area contributed by atoms with Gasteiger partial charge in [0.1, 0.15) is 18.4 Å². The van der Waals surface area contributed by atoms with Gasteiger partial charge in [-0.3, -0.25) is 4.72 Å². The Kier molecular flexibility index (Phi) is 6.24. The second-order valence-corrected chi connectivity index (χ2v) is 11.0. The largest absolute Gasteiger partial charge is 0.491 e. The van der Waals surface area contributed by atoms with E-state index in [9.17, 15) is 13.7 Å². The molecular formula is C26H29N3O4S. The van der Waals surface area contributed by atoms with Crippen LogP contribution in [0.2, 0.25) is 0 Å². The van der Waals surface area contributed by atoms with Gasteiger partial charge in [-0.2, -0.15) is 5.26 Å². The molecule has 1 aliphatic heterocycles. The van der Waals surface area contributed by atoms with Gasteiger partial charge in [-0.05, 0) is 68.9 Å². The Morgan fingerprint density at radius 1 is 1.15 bits per heavy atom. The highest BCUT2D eigenvalue weighted by Crippen LogP contribution is 2.43. The number of benzene rings is 2. The second kappa shape index (κ2) is 9.32. The van der Waals surface area contributed by atoms with Gasteiger partial charge in [-0.15, -0.1) is 0 Å². The number of hydrogen-bond donors (Lipinski definition) is 1. The van der Waals surface area contributed by atoms with Crippen LogP contribution in [0.25, 0.3) is 22.2 Å². The molecule has 7 nitrogen and oxygen atoms in total. The van der Waals surface area contributed by atoms with Crippen molar-refractivity contribution in [3.05, 3.63) is 48.0 Å². The molecule has 1 N–H and O–H groups in total. The van der Waals surface area contributed by atoms with Crippen molar-refractivity contribution in [3.8, 4) is 23.1 Å². The van der Waals surface area contributed by atoms with Crippen LogP contribution in [0, 0.1) is 11.3 Å². The van der Waals surface area contributed by atoms with Gasteiger partial charge in [-0.1, -0.05) is 12.1 Å².